The Kier molecular flexibility index (Phi) is 47.3. The Hall–Kier alpha value is -5.15. The Morgan fingerprint density at radius 3 is 1.30 bits per heavy atom. The average molecular weight is 1660 g/mol. The van der Waals surface area contributed by atoms with Crippen LogP contribution in [-0.4, -0.2) is 200 Å². The quantitative estimate of drug-likeness (QED) is 0.00731. The number of esters is 2. The normalized spacial score (nSPS) is 11.3. The number of phenols is 2. The summed E-state index contributed by atoms with van der Waals surface area (Å²) in [4.78, 5) is 121. The fourth-order valence-corrected chi connectivity index (χ4v) is 10.6. The molecule has 2 heterocycles. The molecule has 0 saturated heterocycles. The predicted molar refractivity (Wildman–Crippen MR) is 415 cm³/mol. The third kappa shape index (κ3) is 38.5. The summed E-state index contributed by atoms with van der Waals surface area (Å²) in [6, 6.07) is 43.4. The third-order valence-corrected chi connectivity index (χ3v) is 16.1. The molecule has 568 valence electrons. The molecule has 8 rings (SSSR count). The van der Waals surface area contributed by atoms with E-state index in [4.69, 9.17) is 43.7 Å². The number of benzene rings is 6. The standard InChI is InChI=1S/C38H43N3O7.C28H36BrN3O6.C10H9BO3.CH4.3K.HO4P/c1-25-16-17-39-34(19-25)41(37(46)48-38(2,3)4)18-6-7-35(44)40-24-33(43)22-31(23-36(45)47-5)27-10-8-26(9-11-27)28-12-13-30-21-32(42)15-14-29(30)20-28;1-19-12-13-30-24(15-19)32(27(36)38-28(2,3)4)14-6-7-25(34)31-18-23(33)16-21(17-26(35)37-5)20-8-10-22(29)11-9-20;12-10-4-2-7-5-9(11(13)14)3-1-8(7)6-10;;;;;1-4-5(2)3/h8-17,19-21,31,42H,6-7,18,22-24H2,1-5H3,(H,40,44);8-13,15,21H,6-7,14,16-18H2,1-5H3,(H,31,34);1-6,12-14H;1H4;;;;1H/q;;;;;;+1;/p-1/t31-;21-;;;;;;/m00....../s1. The summed E-state index contributed by atoms with van der Waals surface area (Å²) in [5, 5.41) is 54.4. The van der Waals surface area contributed by atoms with Gasteiger partial charge in [-0.1, -0.05) is 102 Å². The van der Waals surface area contributed by atoms with Crippen LogP contribution in [0.4, 0.5) is 21.2 Å². The molecule has 26 nitrogen and oxygen atoms in total. The van der Waals surface area contributed by atoms with E-state index in [1.807, 2.05) is 98.8 Å². The van der Waals surface area contributed by atoms with Gasteiger partial charge in [-0.3, -0.25) is 38.6 Å². The zero-order valence-electron chi connectivity index (χ0n) is 63.2. The Morgan fingerprint density at radius 2 is 0.927 bits per heavy atom. The average Bonchev–Trinajstić information content (AvgIpc) is 0.821. The van der Waals surface area contributed by atoms with Crippen molar-refractivity contribution >= 4 is 181 Å². The number of anilines is 2. The van der Waals surface area contributed by atoms with Crippen LogP contribution in [0.5, 0.6) is 11.5 Å². The fourth-order valence-electron chi connectivity index (χ4n) is 10.3. The van der Waals surface area contributed by atoms with Crippen LogP contribution in [0.15, 0.2) is 162 Å². The molecule has 2 aromatic heterocycles. The number of aryl methyl sites for hydroxylation is 2. The number of rotatable bonds is 27. The van der Waals surface area contributed by atoms with E-state index in [1.165, 1.54) is 87.2 Å². The number of aromatic nitrogens is 2. The van der Waals surface area contributed by atoms with Gasteiger partial charge in [0.2, 0.25) is 11.8 Å². The van der Waals surface area contributed by atoms with Crippen molar-refractivity contribution < 1.29 is 148 Å². The van der Waals surface area contributed by atoms with E-state index < -0.39 is 56.6 Å². The van der Waals surface area contributed by atoms with Gasteiger partial charge in [0.1, 0.15) is 34.3 Å². The molecule has 1 unspecified atom stereocenters. The summed E-state index contributed by atoms with van der Waals surface area (Å²) in [6.07, 6.45) is 3.19. The van der Waals surface area contributed by atoms with Crippen molar-refractivity contribution in [1.82, 2.24) is 20.6 Å². The number of fused-ring (bicyclic) bond motifs is 2. The molecule has 6 aromatic carbocycles. The van der Waals surface area contributed by atoms with E-state index in [2.05, 4.69) is 41.2 Å². The van der Waals surface area contributed by atoms with E-state index in [9.17, 15) is 48.6 Å². The number of ketones is 2. The summed E-state index contributed by atoms with van der Waals surface area (Å²) >= 11 is 5.88. The predicted octanol–water partition coefficient (Wildman–Crippen LogP) is 7.36. The number of halogens is 1. The van der Waals surface area contributed by atoms with Crippen molar-refractivity contribution in [2.75, 3.05) is 50.2 Å². The van der Waals surface area contributed by atoms with Gasteiger partial charge in [0.05, 0.1) is 40.2 Å². The number of nitrogens with one attached hydrogen (secondary N) is 2. The molecule has 6 N–H and O–H groups in total. The molecule has 0 fully saturated rings. The van der Waals surface area contributed by atoms with Gasteiger partial charge in [0.25, 0.3) is 0 Å². The minimum absolute atomic E-state index is 0. The molecule has 0 aliphatic carbocycles. The first-order chi connectivity index (χ1) is 50.6. The number of carbonyl (C=O) groups excluding carboxylic acids is 8. The number of nitrogens with zero attached hydrogens (tertiary/aromatic N) is 4. The SMILES string of the molecule is C.COC(=O)C[C@H](CC(=O)CNC(=O)CCCN(C(=O)OC(C)(C)C)c1cc(C)ccn1)c1ccc(-c2ccc3cc(O)ccc3c2)cc1.COC(=O)C[C@H](CC(=O)CNC(=O)CCCN(C(=O)OC(C)(C)C)c1cc(C)ccn1)c1ccc(Br)cc1.O=[P+]([O-])O[O-].OB(O)c1ccc2cc(O)ccc2c1.[K+].[K][K]. The van der Waals surface area contributed by atoms with Gasteiger partial charge in [0, 0.05) is 67.5 Å². The molecule has 3 atom stereocenters. The molecule has 109 heavy (non-hydrogen) atoms. The minimum atomic E-state index is -3.15. The van der Waals surface area contributed by atoms with Crippen molar-refractivity contribution in [2.45, 2.75) is 137 Å². The van der Waals surface area contributed by atoms with E-state index in [-0.39, 0.29) is 164 Å². The fraction of sp³-hybridized carbons (Fsp3) is 0.351. The van der Waals surface area contributed by atoms with Crippen LogP contribution >= 0.6 is 24.2 Å². The molecule has 0 aliphatic rings. The van der Waals surface area contributed by atoms with Crippen molar-refractivity contribution in [1.29, 1.82) is 0 Å². The Labute approximate surface area is 733 Å². The van der Waals surface area contributed by atoms with Gasteiger partial charge in [0.15, 0.2) is 11.6 Å². The Balaban J connectivity index is 0.000000583. The number of phenolic OH excluding ortho intramolecular Hbond substituents is 2. The molecule has 4 amide bonds. The third-order valence-electron chi connectivity index (χ3n) is 15.4. The second kappa shape index (κ2) is 51.6. The summed E-state index contributed by atoms with van der Waals surface area (Å²) in [6.45, 7) is 14.6. The zero-order valence-corrected chi connectivity index (χ0v) is 75.0. The van der Waals surface area contributed by atoms with Crippen LogP contribution in [0.2, 0.25) is 0 Å². The monoisotopic (exact) mass is 1660 g/mol. The van der Waals surface area contributed by atoms with Gasteiger partial charge < -0.3 is 60.0 Å². The number of amides is 4. The molecular formula is C77H92BBrK3N6O20P. The van der Waals surface area contributed by atoms with Crippen LogP contribution in [0, 0.1) is 13.8 Å². The Morgan fingerprint density at radius 1 is 0.560 bits per heavy atom. The number of hydrogen-bond acceptors (Lipinski definition) is 22. The molecule has 0 radical (unpaired) electrons. The number of hydrogen-bond donors (Lipinski definition) is 6. The number of Topliss-reactive ketones (excluding diaryl/α,β-unsaturated/α-hetero) is 2. The summed E-state index contributed by atoms with van der Waals surface area (Å²) in [7, 11) is -1.99. The maximum absolute atomic E-state index is 13.0. The van der Waals surface area contributed by atoms with Gasteiger partial charge in [-0.15, -0.1) is 0 Å². The molecule has 0 saturated carbocycles. The van der Waals surface area contributed by atoms with Crippen LogP contribution < -0.4 is 87.4 Å². The first kappa shape index (κ1) is 99.9. The van der Waals surface area contributed by atoms with Crippen molar-refractivity contribution in [3.63, 3.8) is 0 Å². The summed E-state index contributed by atoms with van der Waals surface area (Å²) < 4.78 is 32.9. The van der Waals surface area contributed by atoms with Gasteiger partial charge in [-0.25, -0.2) is 24.2 Å². The van der Waals surface area contributed by atoms with Crippen LogP contribution in [0.1, 0.15) is 134 Å². The van der Waals surface area contributed by atoms with Gasteiger partial charge in [-0.2, -0.15) is 0 Å². The van der Waals surface area contributed by atoms with Crippen LogP contribution in [0.3, 0.4) is 0 Å². The van der Waals surface area contributed by atoms with E-state index in [0.717, 1.165) is 59.4 Å². The maximum atomic E-state index is 13.0. The number of methoxy groups -OCH3 is 2. The first-order valence-corrected chi connectivity index (χ1v) is 52.2. The summed E-state index contributed by atoms with van der Waals surface area (Å²) in [5.74, 6) is -1.40. The molecular weight excluding hydrogens is 1570 g/mol. The number of aromatic hydroxyl groups is 2. The zero-order chi connectivity index (χ0) is 79.6. The molecule has 0 spiro atoms. The van der Waals surface area contributed by atoms with Crippen molar-refractivity contribution in [2.24, 2.45) is 0 Å². The van der Waals surface area contributed by atoms with Gasteiger partial charge in [-0.05, 0) is 200 Å². The number of carbonyl (C=O) groups is 8. The second-order valence-corrected chi connectivity index (χ2v) is 27.7. The van der Waals surface area contributed by atoms with Crippen LogP contribution in [0.25, 0.3) is 32.7 Å². The molecule has 0 bridgehead atoms. The molecule has 32 heteroatoms. The Bertz CT molecular complexity index is 4290. The van der Waals surface area contributed by atoms with Gasteiger partial charge >= 0.3 is 154 Å². The number of pyridine rings is 2. The molecule has 0 aliphatic heterocycles. The molecule has 8 aromatic rings. The van der Waals surface area contributed by atoms with E-state index >= 15 is 0 Å². The van der Waals surface area contributed by atoms with Crippen LogP contribution in [-0.2, 0) is 57.0 Å². The van der Waals surface area contributed by atoms with E-state index in [0.29, 0.717) is 29.9 Å². The van der Waals surface area contributed by atoms with Crippen molar-refractivity contribution in [3.05, 3.63) is 185 Å². The number of ether oxygens (including phenoxy) is 4. The van der Waals surface area contributed by atoms with E-state index in [1.54, 1.807) is 115 Å². The second-order valence-electron chi connectivity index (χ2n) is 26.2. The topological polar surface area (TPSA) is 383 Å². The van der Waals surface area contributed by atoms with Crippen molar-refractivity contribution in [3.8, 4) is 22.6 Å². The summed E-state index contributed by atoms with van der Waals surface area (Å²) in [5.41, 5.74) is 4.54. The first-order valence-electron chi connectivity index (χ1n) is 34.3.